The van der Waals surface area contributed by atoms with E-state index in [1.54, 1.807) is 0 Å². The van der Waals surface area contributed by atoms with Crippen molar-refractivity contribution in [1.29, 1.82) is 0 Å². The van der Waals surface area contributed by atoms with Crippen molar-refractivity contribution in [2.45, 2.75) is 5.33 Å². The van der Waals surface area contributed by atoms with Crippen LogP contribution in [0.1, 0.15) is 5.69 Å². The van der Waals surface area contributed by atoms with Crippen LogP contribution >= 0.6 is 27.5 Å². The van der Waals surface area contributed by atoms with Crippen molar-refractivity contribution in [1.82, 2.24) is 5.16 Å². The lowest BCUT2D eigenvalue weighted by Crippen LogP contribution is -1.73. The summed E-state index contributed by atoms with van der Waals surface area (Å²) in [6, 6.07) is 9.38. The molecule has 2 nitrogen and oxygen atoms in total. The van der Waals surface area contributed by atoms with E-state index in [4.69, 9.17) is 16.1 Å². The van der Waals surface area contributed by atoms with Crippen LogP contribution in [0.3, 0.4) is 0 Å². The van der Waals surface area contributed by atoms with Gasteiger partial charge in [0.05, 0.1) is 5.69 Å². The van der Waals surface area contributed by atoms with Gasteiger partial charge in [0, 0.05) is 22.0 Å². The molecule has 14 heavy (non-hydrogen) atoms. The summed E-state index contributed by atoms with van der Waals surface area (Å²) in [5, 5.41) is 5.26. The molecule has 4 heteroatoms. The molecule has 0 saturated heterocycles. The number of benzene rings is 1. The molecule has 0 N–H and O–H groups in total. The van der Waals surface area contributed by atoms with E-state index in [1.807, 2.05) is 30.3 Å². The Hall–Kier alpha value is -0.800. The highest BCUT2D eigenvalue weighted by atomic mass is 79.9. The van der Waals surface area contributed by atoms with Gasteiger partial charge in [0.2, 0.25) is 0 Å². The first-order valence-electron chi connectivity index (χ1n) is 4.07. The monoisotopic (exact) mass is 271 g/mol. The third-order valence-corrected chi connectivity index (χ3v) is 2.61. The maximum absolute atomic E-state index is 5.86. The van der Waals surface area contributed by atoms with Crippen LogP contribution < -0.4 is 0 Å². The molecule has 0 spiro atoms. The Balaban J connectivity index is 2.39. The second kappa shape index (κ2) is 4.15. The average Bonchev–Trinajstić information content (AvgIpc) is 2.66. The molecule has 0 unspecified atom stereocenters. The molecule has 1 aromatic heterocycles. The van der Waals surface area contributed by atoms with Crippen molar-refractivity contribution in [2.75, 3.05) is 0 Å². The van der Waals surface area contributed by atoms with Gasteiger partial charge >= 0.3 is 0 Å². The summed E-state index contributed by atoms with van der Waals surface area (Å²) >= 11 is 9.17. The molecule has 0 aliphatic rings. The lowest BCUT2D eigenvalue weighted by atomic mass is 10.2. The van der Waals surface area contributed by atoms with E-state index in [0.717, 1.165) is 17.0 Å². The maximum Gasteiger partial charge on any atom is 0.167 e. The van der Waals surface area contributed by atoms with Gasteiger partial charge in [-0.25, -0.2) is 0 Å². The molecule has 1 aromatic carbocycles. The fraction of sp³-hybridized carbons (Fsp3) is 0.100. The summed E-state index contributed by atoms with van der Waals surface area (Å²) in [5.41, 5.74) is 1.82. The molecule has 1 heterocycles. The number of nitrogens with zero attached hydrogens (tertiary/aromatic N) is 1. The Labute approximate surface area is 95.0 Å². The highest BCUT2D eigenvalue weighted by Gasteiger charge is 2.05. The van der Waals surface area contributed by atoms with Crippen LogP contribution in [0.25, 0.3) is 11.3 Å². The number of halogens is 2. The SMILES string of the molecule is Clc1cccc(-c2cc(CBr)no2)c1. The molecule has 0 bridgehead atoms. The number of aromatic nitrogens is 1. The van der Waals surface area contributed by atoms with E-state index in [1.165, 1.54) is 0 Å². The summed E-state index contributed by atoms with van der Waals surface area (Å²) in [7, 11) is 0. The van der Waals surface area contributed by atoms with Crippen LogP contribution in [-0.2, 0) is 5.33 Å². The van der Waals surface area contributed by atoms with Gasteiger partial charge in [-0.05, 0) is 12.1 Å². The largest absolute Gasteiger partial charge is 0.356 e. The molecule has 0 aliphatic carbocycles. The first-order chi connectivity index (χ1) is 6.79. The van der Waals surface area contributed by atoms with Crippen molar-refractivity contribution in [3.8, 4) is 11.3 Å². The molecule has 0 radical (unpaired) electrons. The third-order valence-electron chi connectivity index (χ3n) is 1.81. The predicted molar refractivity (Wildman–Crippen MR) is 59.6 cm³/mol. The van der Waals surface area contributed by atoms with Gasteiger partial charge in [0.1, 0.15) is 0 Å². The smallest absolute Gasteiger partial charge is 0.167 e. The van der Waals surface area contributed by atoms with Crippen LogP contribution in [0, 0.1) is 0 Å². The second-order valence-electron chi connectivity index (χ2n) is 2.83. The highest BCUT2D eigenvalue weighted by Crippen LogP contribution is 2.23. The van der Waals surface area contributed by atoms with Gasteiger partial charge in [0.25, 0.3) is 0 Å². The number of alkyl halides is 1. The lowest BCUT2D eigenvalue weighted by Gasteiger charge is -1.94. The van der Waals surface area contributed by atoms with Gasteiger partial charge < -0.3 is 4.52 Å². The van der Waals surface area contributed by atoms with E-state index in [2.05, 4.69) is 21.1 Å². The molecule has 2 rings (SSSR count). The Morgan fingerprint density at radius 2 is 2.21 bits per heavy atom. The normalized spacial score (nSPS) is 10.4. The Kier molecular flexibility index (Phi) is 2.89. The minimum absolute atomic E-state index is 0.692. The highest BCUT2D eigenvalue weighted by molar-refractivity contribution is 9.08. The van der Waals surface area contributed by atoms with Crippen LogP contribution in [-0.4, -0.2) is 5.16 Å². The number of hydrogen-bond donors (Lipinski definition) is 0. The Bertz CT molecular complexity index is 441. The van der Waals surface area contributed by atoms with Crippen molar-refractivity contribution in [3.63, 3.8) is 0 Å². The van der Waals surface area contributed by atoms with Crippen LogP contribution in [0.5, 0.6) is 0 Å². The molecule has 0 fully saturated rings. The van der Waals surface area contributed by atoms with Gasteiger partial charge in [-0.15, -0.1) is 0 Å². The minimum atomic E-state index is 0.692. The molecule has 72 valence electrons. The Morgan fingerprint density at radius 3 is 2.86 bits per heavy atom. The van der Waals surface area contributed by atoms with E-state index in [-0.39, 0.29) is 0 Å². The summed E-state index contributed by atoms with van der Waals surface area (Å²) in [6.45, 7) is 0. The summed E-state index contributed by atoms with van der Waals surface area (Å²) in [6.07, 6.45) is 0. The summed E-state index contributed by atoms with van der Waals surface area (Å²) in [5.74, 6) is 0.738. The van der Waals surface area contributed by atoms with E-state index in [0.29, 0.717) is 10.4 Å². The van der Waals surface area contributed by atoms with Crippen molar-refractivity contribution < 1.29 is 4.52 Å². The Morgan fingerprint density at radius 1 is 1.36 bits per heavy atom. The molecular weight excluding hydrogens is 265 g/mol. The number of rotatable bonds is 2. The van der Waals surface area contributed by atoms with Gasteiger partial charge in [0.15, 0.2) is 5.76 Å². The van der Waals surface area contributed by atoms with Crippen LogP contribution in [0.15, 0.2) is 34.9 Å². The molecular formula is C10H7BrClNO. The second-order valence-corrected chi connectivity index (χ2v) is 3.82. The first-order valence-corrected chi connectivity index (χ1v) is 5.57. The molecule has 0 aliphatic heterocycles. The van der Waals surface area contributed by atoms with Crippen LogP contribution in [0.2, 0.25) is 5.02 Å². The zero-order chi connectivity index (χ0) is 9.97. The van der Waals surface area contributed by atoms with Gasteiger partial charge in [-0.3, -0.25) is 0 Å². The fourth-order valence-electron chi connectivity index (χ4n) is 1.15. The van der Waals surface area contributed by atoms with E-state index >= 15 is 0 Å². The first kappa shape index (κ1) is 9.74. The zero-order valence-corrected chi connectivity index (χ0v) is 9.55. The predicted octanol–water partition coefficient (Wildman–Crippen LogP) is 3.89. The summed E-state index contributed by atoms with van der Waals surface area (Å²) in [4.78, 5) is 0. The van der Waals surface area contributed by atoms with Gasteiger partial charge in [-0.2, -0.15) is 0 Å². The molecule has 2 aromatic rings. The van der Waals surface area contributed by atoms with Crippen LogP contribution in [0.4, 0.5) is 0 Å². The van der Waals surface area contributed by atoms with Gasteiger partial charge in [-0.1, -0.05) is 44.8 Å². The maximum atomic E-state index is 5.86. The minimum Gasteiger partial charge on any atom is -0.356 e. The van der Waals surface area contributed by atoms with Crippen molar-refractivity contribution >= 4 is 27.5 Å². The lowest BCUT2D eigenvalue weighted by molar-refractivity contribution is 0.426. The number of hydrogen-bond acceptors (Lipinski definition) is 2. The zero-order valence-electron chi connectivity index (χ0n) is 7.21. The topological polar surface area (TPSA) is 26.0 Å². The van der Waals surface area contributed by atoms with E-state index < -0.39 is 0 Å². The summed E-state index contributed by atoms with van der Waals surface area (Å²) < 4.78 is 5.16. The fourth-order valence-corrected chi connectivity index (χ4v) is 1.61. The van der Waals surface area contributed by atoms with E-state index in [9.17, 15) is 0 Å². The standard InChI is InChI=1S/C10H7BrClNO/c11-6-9-5-10(14-13-9)7-2-1-3-8(12)4-7/h1-5H,6H2. The average molecular weight is 273 g/mol. The van der Waals surface area contributed by atoms with Crippen molar-refractivity contribution in [2.24, 2.45) is 0 Å². The van der Waals surface area contributed by atoms with Crippen molar-refractivity contribution in [3.05, 3.63) is 41.0 Å². The molecule has 0 saturated carbocycles. The molecule has 0 atom stereocenters. The quantitative estimate of drug-likeness (QED) is 0.775. The molecule has 0 amide bonds. The third kappa shape index (κ3) is 1.99.